The summed E-state index contributed by atoms with van der Waals surface area (Å²) < 4.78 is 12.9. The fourth-order valence-corrected chi connectivity index (χ4v) is 11.4. The number of anilines is 6. The van der Waals surface area contributed by atoms with E-state index in [1.807, 2.05) is 24.3 Å². The summed E-state index contributed by atoms with van der Waals surface area (Å²) >= 11 is 0. The first kappa shape index (κ1) is 37.7. The SMILES string of the molecule is CC1(C)c2cc(N(c3ccccc3)c3ccc4c(c3)oc3ccccc34)c3ccccc3c2-c2c1c1ccc(N(c3ccccc3)c3ccc4c(c3)oc3ccccc34)cc1c1ccccc21. The van der Waals surface area contributed by atoms with Gasteiger partial charge in [0.15, 0.2) is 0 Å². The summed E-state index contributed by atoms with van der Waals surface area (Å²) in [5.41, 5.74) is 14.9. The molecule has 2 heterocycles. The van der Waals surface area contributed by atoms with Crippen LogP contribution in [0.15, 0.2) is 227 Å². The van der Waals surface area contributed by atoms with E-state index in [4.69, 9.17) is 8.83 Å². The smallest absolute Gasteiger partial charge is 0.137 e. The van der Waals surface area contributed by atoms with Crippen LogP contribution in [-0.4, -0.2) is 0 Å². The summed E-state index contributed by atoms with van der Waals surface area (Å²) in [7, 11) is 0. The van der Waals surface area contributed by atoms with E-state index in [1.54, 1.807) is 0 Å². The van der Waals surface area contributed by atoms with Crippen molar-refractivity contribution >= 4 is 110 Å². The molecule has 1 aliphatic rings. The molecular formula is C63H42N2O2. The second-order valence-corrected chi connectivity index (χ2v) is 18.4. The number of benzene rings is 11. The first-order valence-corrected chi connectivity index (χ1v) is 23.1. The van der Waals surface area contributed by atoms with Crippen LogP contribution in [0.2, 0.25) is 0 Å². The molecule has 1 aliphatic carbocycles. The van der Waals surface area contributed by atoms with Crippen LogP contribution < -0.4 is 9.80 Å². The summed E-state index contributed by atoms with van der Waals surface area (Å²) in [4.78, 5) is 4.77. The van der Waals surface area contributed by atoms with Gasteiger partial charge in [0, 0.05) is 72.9 Å². The molecule has 14 rings (SSSR count). The minimum atomic E-state index is -0.357. The second-order valence-electron chi connectivity index (χ2n) is 18.4. The quantitative estimate of drug-likeness (QED) is 0.156. The minimum absolute atomic E-state index is 0.357. The van der Waals surface area contributed by atoms with E-state index >= 15 is 0 Å². The van der Waals surface area contributed by atoms with Crippen LogP contribution in [0.1, 0.15) is 25.0 Å². The molecule has 0 spiro atoms. The van der Waals surface area contributed by atoms with Gasteiger partial charge in [0.25, 0.3) is 0 Å². The molecule has 0 N–H and O–H groups in total. The summed E-state index contributed by atoms with van der Waals surface area (Å²) in [6.45, 7) is 4.84. The summed E-state index contributed by atoms with van der Waals surface area (Å²) in [5.74, 6) is 0. The Bertz CT molecular complexity index is 4140. The Labute approximate surface area is 387 Å². The molecule has 67 heavy (non-hydrogen) atoms. The third-order valence-corrected chi connectivity index (χ3v) is 14.3. The maximum Gasteiger partial charge on any atom is 0.137 e. The van der Waals surface area contributed by atoms with Gasteiger partial charge >= 0.3 is 0 Å². The van der Waals surface area contributed by atoms with E-state index in [-0.39, 0.29) is 5.41 Å². The van der Waals surface area contributed by atoms with Crippen molar-refractivity contribution in [2.24, 2.45) is 0 Å². The molecule has 0 radical (unpaired) electrons. The highest BCUT2D eigenvalue weighted by atomic mass is 16.3. The maximum atomic E-state index is 6.50. The van der Waals surface area contributed by atoms with Crippen LogP contribution in [0.5, 0.6) is 0 Å². The number of para-hydroxylation sites is 4. The summed E-state index contributed by atoms with van der Waals surface area (Å²) in [5, 5.41) is 11.9. The van der Waals surface area contributed by atoms with Gasteiger partial charge < -0.3 is 18.6 Å². The molecule has 13 aromatic rings. The molecule has 0 saturated heterocycles. The summed E-state index contributed by atoms with van der Waals surface area (Å²) in [6, 6.07) is 78.8. The van der Waals surface area contributed by atoms with Crippen LogP contribution in [0.25, 0.3) is 87.3 Å². The van der Waals surface area contributed by atoms with Gasteiger partial charge in [0.2, 0.25) is 0 Å². The third-order valence-electron chi connectivity index (χ3n) is 14.3. The van der Waals surface area contributed by atoms with Crippen molar-refractivity contribution in [1.82, 2.24) is 0 Å². The largest absolute Gasteiger partial charge is 0.456 e. The van der Waals surface area contributed by atoms with Gasteiger partial charge in [-0.2, -0.15) is 0 Å². The third kappa shape index (κ3) is 5.54. The van der Waals surface area contributed by atoms with Crippen molar-refractivity contribution in [3.63, 3.8) is 0 Å². The molecule has 316 valence electrons. The molecule has 0 saturated carbocycles. The first-order valence-electron chi connectivity index (χ1n) is 23.1. The van der Waals surface area contributed by atoms with Gasteiger partial charge in [-0.15, -0.1) is 0 Å². The zero-order chi connectivity index (χ0) is 44.4. The van der Waals surface area contributed by atoms with Crippen molar-refractivity contribution in [2.45, 2.75) is 19.3 Å². The van der Waals surface area contributed by atoms with Gasteiger partial charge in [-0.1, -0.05) is 141 Å². The second kappa shape index (κ2) is 14.2. The van der Waals surface area contributed by atoms with Crippen LogP contribution in [-0.2, 0) is 5.41 Å². The Morgan fingerprint density at radius 1 is 0.299 bits per heavy atom. The monoisotopic (exact) mass is 858 g/mol. The molecule has 0 atom stereocenters. The highest BCUT2D eigenvalue weighted by molar-refractivity contribution is 6.23. The Hall–Kier alpha value is -8.60. The van der Waals surface area contributed by atoms with E-state index in [0.29, 0.717) is 0 Å². The van der Waals surface area contributed by atoms with E-state index in [9.17, 15) is 0 Å². The predicted octanol–water partition coefficient (Wildman–Crippen LogP) is 18.2. The first-order chi connectivity index (χ1) is 33.0. The van der Waals surface area contributed by atoms with Crippen LogP contribution >= 0.6 is 0 Å². The molecule has 0 amide bonds. The number of hydrogen-bond acceptors (Lipinski definition) is 4. The Morgan fingerprint density at radius 2 is 0.731 bits per heavy atom. The molecule has 4 nitrogen and oxygen atoms in total. The lowest BCUT2D eigenvalue weighted by Gasteiger charge is -2.30. The van der Waals surface area contributed by atoms with Crippen LogP contribution in [0.4, 0.5) is 34.1 Å². The Balaban J connectivity index is 0.991. The van der Waals surface area contributed by atoms with Gasteiger partial charge in [-0.25, -0.2) is 0 Å². The topological polar surface area (TPSA) is 32.8 Å². The van der Waals surface area contributed by atoms with Gasteiger partial charge in [-0.05, 0) is 128 Å². The number of fused-ring (bicyclic) bond motifs is 16. The standard InChI is InChI=1S/C63H42N2O2/c1-63(2)54-38-55(65(40-19-7-4-8-20-40)43-30-33-49-47-24-14-16-28-57(47)67-59(49)37-43)45-22-10-12-26-51(45)60(54)61-50-25-11-9-21-44(50)53-35-41(31-34-52(53)62(61)63)64(39-17-5-3-6-18-39)42-29-32-48-46-23-13-15-27-56(46)66-58(48)36-42/h3-38H,1-2H3. The van der Waals surface area contributed by atoms with E-state index < -0.39 is 0 Å². The average Bonchev–Trinajstić information content (AvgIpc) is 4.02. The molecule has 0 bridgehead atoms. The van der Waals surface area contributed by atoms with Gasteiger partial charge in [0.05, 0.1) is 5.69 Å². The molecule has 0 aliphatic heterocycles. The molecule has 2 aromatic heterocycles. The lowest BCUT2D eigenvalue weighted by molar-refractivity contribution is 0.667. The number of rotatable bonds is 6. The zero-order valence-corrected chi connectivity index (χ0v) is 37.0. The van der Waals surface area contributed by atoms with Gasteiger partial charge in [-0.3, -0.25) is 0 Å². The maximum absolute atomic E-state index is 6.50. The van der Waals surface area contributed by atoms with Crippen molar-refractivity contribution in [2.75, 3.05) is 9.80 Å². The lowest BCUT2D eigenvalue weighted by Crippen LogP contribution is -2.17. The average molecular weight is 859 g/mol. The molecule has 4 heteroatoms. The molecule has 0 fully saturated rings. The highest BCUT2D eigenvalue weighted by Crippen LogP contribution is 2.59. The summed E-state index contributed by atoms with van der Waals surface area (Å²) in [6.07, 6.45) is 0. The predicted molar refractivity (Wildman–Crippen MR) is 280 cm³/mol. The van der Waals surface area contributed by atoms with Crippen LogP contribution in [0.3, 0.4) is 0 Å². The normalized spacial score (nSPS) is 13.0. The van der Waals surface area contributed by atoms with Crippen molar-refractivity contribution in [1.29, 1.82) is 0 Å². The number of hydrogen-bond donors (Lipinski definition) is 0. The van der Waals surface area contributed by atoms with Gasteiger partial charge in [0.1, 0.15) is 22.3 Å². The van der Waals surface area contributed by atoms with Crippen molar-refractivity contribution in [3.8, 4) is 11.1 Å². The van der Waals surface area contributed by atoms with Crippen molar-refractivity contribution in [3.05, 3.63) is 230 Å². The van der Waals surface area contributed by atoms with E-state index in [1.165, 1.54) is 54.6 Å². The van der Waals surface area contributed by atoms with E-state index in [0.717, 1.165) is 78.0 Å². The fraction of sp³-hybridized carbons (Fsp3) is 0.0476. The highest BCUT2D eigenvalue weighted by Gasteiger charge is 2.41. The lowest BCUT2D eigenvalue weighted by atomic mass is 9.79. The molecule has 0 unspecified atom stereocenters. The number of furan rings is 2. The van der Waals surface area contributed by atoms with Crippen molar-refractivity contribution < 1.29 is 8.83 Å². The Kier molecular flexibility index (Phi) is 8.00. The number of nitrogens with zero attached hydrogens (tertiary/aromatic N) is 2. The zero-order valence-electron chi connectivity index (χ0n) is 37.0. The minimum Gasteiger partial charge on any atom is -0.456 e. The fourth-order valence-electron chi connectivity index (χ4n) is 11.4. The Morgan fingerprint density at radius 3 is 1.33 bits per heavy atom. The molecule has 11 aromatic carbocycles. The molecular weight excluding hydrogens is 817 g/mol. The van der Waals surface area contributed by atoms with Crippen LogP contribution in [0, 0.1) is 0 Å². The van der Waals surface area contributed by atoms with E-state index in [2.05, 4.69) is 218 Å².